The Morgan fingerprint density at radius 2 is 1.68 bits per heavy atom. The Morgan fingerprint density at radius 3 is 2.18 bits per heavy atom. The molecule has 0 radical (unpaired) electrons. The van der Waals surface area contributed by atoms with E-state index in [2.05, 4.69) is 4.74 Å². The van der Waals surface area contributed by atoms with E-state index in [0.717, 1.165) is 12.1 Å². The number of nitrogens with zero attached hydrogens (tertiary/aromatic N) is 1. The molecule has 28 heavy (non-hydrogen) atoms. The van der Waals surface area contributed by atoms with Crippen molar-refractivity contribution in [2.75, 3.05) is 27.2 Å². The normalized spacial score (nSPS) is 18.9. The third kappa shape index (κ3) is 3.42. The molecule has 152 valence electrons. The maximum atomic E-state index is 15.1. The highest BCUT2D eigenvalue weighted by atomic mass is 19.4. The number of halogens is 4. The van der Waals surface area contributed by atoms with Crippen LogP contribution in [0.15, 0.2) is 42.5 Å². The minimum Gasteiger partial charge on any atom is -0.494 e. The number of likely N-dealkylation sites (tertiary alicyclic amines) is 1. The van der Waals surface area contributed by atoms with Gasteiger partial charge in [-0.3, -0.25) is 0 Å². The Kier molecular flexibility index (Phi) is 5.05. The minimum absolute atomic E-state index is 0.00643. The average Bonchev–Trinajstić information content (AvgIpc) is 2.59. The molecule has 0 amide bonds. The van der Waals surface area contributed by atoms with Crippen molar-refractivity contribution in [1.29, 1.82) is 0 Å². The highest BCUT2D eigenvalue weighted by molar-refractivity contribution is 5.45. The number of aliphatic hydroxyl groups is 1. The van der Waals surface area contributed by atoms with Gasteiger partial charge in [-0.2, -0.15) is 0 Å². The molecule has 0 unspecified atom stereocenters. The summed E-state index contributed by atoms with van der Waals surface area (Å²) in [5, 5.41) is 11.8. The van der Waals surface area contributed by atoms with E-state index in [0.29, 0.717) is 13.1 Å². The molecule has 1 heterocycles. The summed E-state index contributed by atoms with van der Waals surface area (Å²) >= 11 is 0. The highest BCUT2D eigenvalue weighted by Crippen LogP contribution is 2.51. The van der Waals surface area contributed by atoms with Gasteiger partial charge in [-0.25, -0.2) is 4.39 Å². The highest BCUT2D eigenvalue weighted by Gasteiger charge is 2.56. The molecule has 3 rings (SSSR count). The van der Waals surface area contributed by atoms with E-state index in [-0.39, 0.29) is 16.9 Å². The topological polar surface area (TPSA) is 41.9 Å². The first-order chi connectivity index (χ1) is 13.0. The molecule has 2 aromatic carbocycles. The van der Waals surface area contributed by atoms with Crippen LogP contribution in [-0.2, 0) is 5.60 Å². The van der Waals surface area contributed by atoms with Crippen LogP contribution in [0.25, 0.3) is 0 Å². The molecule has 1 aliphatic rings. The van der Waals surface area contributed by atoms with Crippen LogP contribution < -0.4 is 9.47 Å². The summed E-state index contributed by atoms with van der Waals surface area (Å²) in [4.78, 5) is 1.96. The van der Waals surface area contributed by atoms with Crippen molar-refractivity contribution in [1.82, 2.24) is 4.90 Å². The van der Waals surface area contributed by atoms with Gasteiger partial charge in [0.05, 0.1) is 7.11 Å². The van der Waals surface area contributed by atoms with Gasteiger partial charge in [0.15, 0.2) is 11.6 Å². The number of methoxy groups -OCH3 is 1. The Hall–Kier alpha value is -2.32. The molecular formula is C20H21F4NO3. The lowest BCUT2D eigenvalue weighted by atomic mass is 9.62. The van der Waals surface area contributed by atoms with Gasteiger partial charge in [-0.1, -0.05) is 31.2 Å². The van der Waals surface area contributed by atoms with Gasteiger partial charge < -0.3 is 19.5 Å². The van der Waals surface area contributed by atoms with Crippen LogP contribution in [0.3, 0.4) is 0 Å². The molecular weight excluding hydrogens is 378 g/mol. The molecule has 1 aliphatic heterocycles. The van der Waals surface area contributed by atoms with Gasteiger partial charge in [0.2, 0.25) is 0 Å². The first kappa shape index (κ1) is 20.4. The fourth-order valence-corrected chi connectivity index (χ4v) is 4.05. The molecule has 1 atom stereocenters. The molecule has 0 saturated carbocycles. The second-order valence-corrected chi connectivity index (χ2v) is 7.34. The van der Waals surface area contributed by atoms with E-state index in [1.165, 1.54) is 31.4 Å². The summed E-state index contributed by atoms with van der Waals surface area (Å²) < 4.78 is 61.3. The quantitative estimate of drug-likeness (QED) is 0.774. The first-order valence-electron chi connectivity index (χ1n) is 8.60. The van der Waals surface area contributed by atoms with E-state index >= 15 is 4.39 Å². The van der Waals surface area contributed by atoms with Crippen molar-refractivity contribution in [3.8, 4) is 11.5 Å². The van der Waals surface area contributed by atoms with Gasteiger partial charge in [0.1, 0.15) is 11.4 Å². The Bertz CT molecular complexity index is 848. The van der Waals surface area contributed by atoms with Crippen LogP contribution in [0.5, 0.6) is 11.5 Å². The number of alkyl halides is 3. The fraction of sp³-hybridized carbons (Fsp3) is 0.400. The summed E-state index contributed by atoms with van der Waals surface area (Å²) in [5.41, 5.74) is -2.27. The zero-order valence-corrected chi connectivity index (χ0v) is 15.7. The molecule has 4 nitrogen and oxygen atoms in total. The third-order valence-electron chi connectivity index (χ3n) is 5.19. The Labute approximate surface area is 160 Å². The predicted octanol–water partition coefficient (Wildman–Crippen LogP) is 3.92. The smallest absolute Gasteiger partial charge is 0.494 e. The molecule has 1 saturated heterocycles. The lowest BCUT2D eigenvalue weighted by Crippen LogP contribution is -2.63. The molecule has 0 aromatic heterocycles. The fourth-order valence-electron chi connectivity index (χ4n) is 4.05. The van der Waals surface area contributed by atoms with Crippen LogP contribution in [0.2, 0.25) is 0 Å². The molecule has 0 spiro atoms. The lowest BCUT2D eigenvalue weighted by Gasteiger charge is -2.56. The number of benzene rings is 2. The largest absolute Gasteiger partial charge is 0.573 e. The van der Waals surface area contributed by atoms with Crippen LogP contribution in [0, 0.1) is 11.2 Å². The van der Waals surface area contributed by atoms with Gasteiger partial charge in [0.25, 0.3) is 0 Å². The summed E-state index contributed by atoms with van der Waals surface area (Å²) in [6, 6.07) is 9.33. The van der Waals surface area contributed by atoms with Crippen molar-refractivity contribution in [3.05, 3.63) is 59.4 Å². The van der Waals surface area contributed by atoms with Crippen molar-refractivity contribution in [3.63, 3.8) is 0 Å². The molecule has 0 aliphatic carbocycles. The van der Waals surface area contributed by atoms with Gasteiger partial charge >= 0.3 is 6.36 Å². The summed E-state index contributed by atoms with van der Waals surface area (Å²) in [5.74, 6) is -1.15. The molecule has 1 fully saturated rings. The van der Waals surface area contributed by atoms with Crippen LogP contribution in [0.4, 0.5) is 17.6 Å². The maximum Gasteiger partial charge on any atom is 0.573 e. The van der Waals surface area contributed by atoms with Gasteiger partial charge in [0, 0.05) is 24.1 Å². The number of hydrogen-bond acceptors (Lipinski definition) is 4. The van der Waals surface area contributed by atoms with E-state index in [9.17, 15) is 18.3 Å². The molecule has 0 bridgehead atoms. The van der Waals surface area contributed by atoms with E-state index in [4.69, 9.17) is 4.74 Å². The first-order valence-corrected chi connectivity index (χ1v) is 8.60. The standard InChI is InChI=1S/C20H21F4NO3/c1-18(11-25(2)12-18)19(26,15-5-4-6-16(27-3)17(15)21)13-7-9-14(10-8-13)28-20(22,23)24/h4-10,26H,11-12H2,1-3H3/t19-/m1/s1. The second-order valence-electron chi connectivity index (χ2n) is 7.34. The van der Waals surface area contributed by atoms with Gasteiger partial charge in [-0.05, 0) is 30.8 Å². The van der Waals surface area contributed by atoms with Crippen molar-refractivity contribution < 1.29 is 32.1 Å². The maximum absolute atomic E-state index is 15.1. The predicted molar refractivity (Wildman–Crippen MR) is 94.7 cm³/mol. The average molecular weight is 399 g/mol. The van der Waals surface area contributed by atoms with Gasteiger partial charge in [-0.15, -0.1) is 13.2 Å². The Morgan fingerprint density at radius 1 is 1.07 bits per heavy atom. The summed E-state index contributed by atoms with van der Waals surface area (Å²) in [6.45, 7) is 2.76. The van der Waals surface area contributed by atoms with Crippen molar-refractivity contribution in [2.45, 2.75) is 18.9 Å². The van der Waals surface area contributed by atoms with E-state index in [1.807, 2.05) is 18.9 Å². The van der Waals surface area contributed by atoms with Crippen LogP contribution in [0.1, 0.15) is 18.1 Å². The van der Waals surface area contributed by atoms with Crippen LogP contribution >= 0.6 is 0 Å². The summed E-state index contributed by atoms with van der Waals surface area (Å²) in [7, 11) is 3.19. The molecule has 2 aromatic rings. The monoisotopic (exact) mass is 399 g/mol. The molecule has 1 N–H and O–H groups in total. The zero-order valence-electron chi connectivity index (χ0n) is 15.7. The van der Waals surface area contributed by atoms with E-state index < -0.39 is 28.9 Å². The minimum atomic E-state index is -4.82. The Balaban J connectivity index is 2.11. The van der Waals surface area contributed by atoms with Crippen molar-refractivity contribution >= 4 is 0 Å². The number of hydrogen-bond donors (Lipinski definition) is 1. The van der Waals surface area contributed by atoms with E-state index in [1.54, 1.807) is 6.07 Å². The molecule has 8 heteroatoms. The SMILES string of the molecule is COc1cccc([C@](O)(c2ccc(OC(F)(F)F)cc2)C2(C)CN(C)C2)c1F. The van der Waals surface area contributed by atoms with Crippen LogP contribution in [-0.4, -0.2) is 43.6 Å². The third-order valence-corrected chi connectivity index (χ3v) is 5.19. The lowest BCUT2D eigenvalue weighted by molar-refractivity contribution is -0.274. The number of rotatable bonds is 5. The van der Waals surface area contributed by atoms with Crippen molar-refractivity contribution in [2.24, 2.45) is 5.41 Å². The second kappa shape index (κ2) is 6.93. The number of ether oxygens (including phenoxy) is 2. The summed E-state index contributed by atoms with van der Waals surface area (Å²) in [6.07, 6.45) is -4.82. The zero-order chi connectivity index (χ0) is 20.7.